The molecule has 1 aliphatic rings. The predicted octanol–water partition coefficient (Wildman–Crippen LogP) is 3.65. The molecule has 2 rings (SSSR count). The number of nitrogens with zero attached hydrogens (tertiary/aromatic N) is 2. The van der Waals surface area contributed by atoms with E-state index in [0.29, 0.717) is 18.8 Å². The maximum Gasteiger partial charge on any atom is 0.419 e. The molecule has 20 heavy (non-hydrogen) atoms. The van der Waals surface area contributed by atoms with Crippen LogP contribution in [0.4, 0.5) is 13.2 Å². The molecule has 0 saturated heterocycles. The van der Waals surface area contributed by atoms with E-state index in [1.807, 2.05) is 0 Å². The highest BCUT2D eigenvalue weighted by atomic mass is 19.4. The van der Waals surface area contributed by atoms with Gasteiger partial charge in [0.25, 0.3) is 0 Å². The van der Waals surface area contributed by atoms with Crippen molar-refractivity contribution >= 4 is 0 Å². The Hall–Kier alpha value is -1.04. The number of hydrogen-bond donors (Lipinski definition) is 1. The lowest BCUT2D eigenvalue weighted by Gasteiger charge is -2.40. The standard InChI is InChI=1S/C14H21F3N2O/c1-13(2,3)9-4-5-12(20)11(6-9)19-8-10(7-18-19)14(15,16)17/h7-9,11-12,20H,4-6H2,1-3H3. The van der Waals surface area contributed by atoms with Crippen LogP contribution in [-0.4, -0.2) is 21.0 Å². The number of hydrogen-bond acceptors (Lipinski definition) is 2. The number of alkyl halides is 3. The van der Waals surface area contributed by atoms with Crippen LogP contribution in [0.25, 0.3) is 0 Å². The Morgan fingerprint density at radius 1 is 1.25 bits per heavy atom. The molecule has 0 spiro atoms. The molecule has 1 heterocycles. The molecule has 0 bridgehead atoms. The first-order valence-electron chi connectivity index (χ1n) is 6.88. The monoisotopic (exact) mass is 290 g/mol. The van der Waals surface area contributed by atoms with Crippen LogP contribution < -0.4 is 0 Å². The summed E-state index contributed by atoms with van der Waals surface area (Å²) in [7, 11) is 0. The average molecular weight is 290 g/mol. The third-order valence-corrected chi connectivity index (χ3v) is 4.27. The van der Waals surface area contributed by atoms with Crippen molar-refractivity contribution in [2.45, 2.75) is 58.4 Å². The molecule has 1 aliphatic carbocycles. The first-order valence-corrected chi connectivity index (χ1v) is 6.88. The van der Waals surface area contributed by atoms with Crippen molar-refractivity contribution in [2.75, 3.05) is 0 Å². The summed E-state index contributed by atoms with van der Waals surface area (Å²) >= 11 is 0. The highest BCUT2D eigenvalue weighted by Crippen LogP contribution is 2.42. The van der Waals surface area contributed by atoms with Crippen LogP contribution in [0.3, 0.4) is 0 Å². The van der Waals surface area contributed by atoms with E-state index in [4.69, 9.17) is 0 Å². The van der Waals surface area contributed by atoms with Gasteiger partial charge in [0.1, 0.15) is 0 Å². The van der Waals surface area contributed by atoms with Gasteiger partial charge in [0, 0.05) is 6.20 Å². The zero-order valence-corrected chi connectivity index (χ0v) is 12.0. The molecule has 3 atom stereocenters. The normalized spacial score (nSPS) is 28.6. The molecule has 1 saturated carbocycles. The van der Waals surface area contributed by atoms with Gasteiger partial charge in [0.15, 0.2) is 0 Å². The zero-order chi connectivity index (χ0) is 15.1. The largest absolute Gasteiger partial charge is 0.419 e. The summed E-state index contributed by atoms with van der Waals surface area (Å²) in [5, 5.41) is 13.9. The van der Waals surface area contributed by atoms with Crippen molar-refractivity contribution in [3.05, 3.63) is 18.0 Å². The minimum absolute atomic E-state index is 0.0817. The molecule has 3 unspecified atom stereocenters. The third-order valence-electron chi connectivity index (χ3n) is 4.27. The summed E-state index contributed by atoms with van der Waals surface area (Å²) in [5.41, 5.74) is -0.680. The van der Waals surface area contributed by atoms with Gasteiger partial charge in [-0.2, -0.15) is 18.3 Å². The van der Waals surface area contributed by atoms with Crippen molar-refractivity contribution in [3.8, 4) is 0 Å². The highest BCUT2D eigenvalue weighted by molar-refractivity contribution is 5.09. The number of aromatic nitrogens is 2. The van der Waals surface area contributed by atoms with E-state index in [-0.39, 0.29) is 11.5 Å². The molecule has 1 aromatic rings. The van der Waals surface area contributed by atoms with Crippen LogP contribution >= 0.6 is 0 Å². The van der Waals surface area contributed by atoms with Crippen molar-refractivity contribution in [3.63, 3.8) is 0 Å². The molecule has 1 N–H and O–H groups in total. The summed E-state index contributed by atoms with van der Waals surface area (Å²) in [5.74, 6) is 0.370. The van der Waals surface area contributed by atoms with Crippen LogP contribution in [0.15, 0.2) is 12.4 Å². The van der Waals surface area contributed by atoms with Crippen LogP contribution in [-0.2, 0) is 6.18 Å². The molecule has 1 aromatic heterocycles. The topological polar surface area (TPSA) is 38.0 Å². The number of halogens is 3. The van der Waals surface area contributed by atoms with Gasteiger partial charge < -0.3 is 5.11 Å². The molecule has 0 radical (unpaired) electrons. The number of aliphatic hydroxyl groups is 1. The van der Waals surface area contributed by atoms with Crippen molar-refractivity contribution in [1.29, 1.82) is 0 Å². The fourth-order valence-electron chi connectivity index (χ4n) is 2.87. The Balaban J connectivity index is 2.20. The molecule has 114 valence electrons. The van der Waals surface area contributed by atoms with Crippen LogP contribution in [0, 0.1) is 11.3 Å². The average Bonchev–Trinajstić information content (AvgIpc) is 2.76. The lowest BCUT2D eigenvalue weighted by atomic mass is 9.70. The Morgan fingerprint density at radius 3 is 2.40 bits per heavy atom. The van der Waals surface area contributed by atoms with Gasteiger partial charge in [-0.3, -0.25) is 4.68 Å². The first kappa shape index (κ1) is 15.4. The molecule has 1 fully saturated rings. The van der Waals surface area contributed by atoms with E-state index in [9.17, 15) is 18.3 Å². The summed E-state index contributed by atoms with van der Waals surface area (Å²) in [6, 6.07) is -0.371. The van der Waals surface area contributed by atoms with E-state index in [1.54, 1.807) is 0 Å². The van der Waals surface area contributed by atoms with Gasteiger partial charge in [0.05, 0.1) is 23.9 Å². The van der Waals surface area contributed by atoms with Crippen LogP contribution in [0.2, 0.25) is 0 Å². The molecule has 0 aliphatic heterocycles. The van der Waals surface area contributed by atoms with Crippen LogP contribution in [0.1, 0.15) is 51.6 Å². The van der Waals surface area contributed by atoms with Gasteiger partial charge in [-0.1, -0.05) is 20.8 Å². The fraction of sp³-hybridized carbons (Fsp3) is 0.786. The minimum Gasteiger partial charge on any atom is -0.391 e. The Bertz CT molecular complexity index is 462. The second-order valence-corrected chi connectivity index (χ2v) is 6.72. The summed E-state index contributed by atoms with van der Waals surface area (Å²) < 4.78 is 39.1. The smallest absolute Gasteiger partial charge is 0.391 e. The Morgan fingerprint density at radius 2 is 1.90 bits per heavy atom. The summed E-state index contributed by atoms with van der Waals surface area (Å²) in [6.45, 7) is 6.37. The highest BCUT2D eigenvalue weighted by Gasteiger charge is 2.38. The quantitative estimate of drug-likeness (QED) is 0.857. The molecule has 3 nitrogen and oxygen atoms in total. The fourth-order valence-corrected chi connectivity index (χ4v) is 2.87. The van der Waals surface area contributed by atoms with Gasteiger partial charge >= 0.3 is 6.18 Å². The number of aliphatic hydroxyl groups excluding tert-OH is 1. The molecule has 6 heteroatoms. The van der Waals surface area contributed by atoms with Crippen LogP contribution in [0.5, 0.6) is 0 Å². The molecule has 0 amide bonds. The second-order valence-electron chi connectivity index (χ2n) is 6.72. The van der Waals surface area contributed by atoms with Gasteiger partial charge in [0.2, 0.25) is 0 Å². The van der Waals surface area contributed by atoms with E-state index >= 15 is 0 Å². The molecular formula is C14H21F3N2O. The van der Waals surface area contributed by atoms with Crippen molar-refractivity contribution in [2.24, 2.45) is 11.3 Å². The second kappa shape index (κ2) is 5.06. The van der Waals surface area contributed by atoms with E-state index in [2.05, 4.69) is 25.9 Å². The first-order chi connectivity index (χ1) is 9.09. The van der Waals surface area contributed by atoms with E-state index in [0.717, 1.165) is 18.8 Å². The van der Waals surface area contributed by atoms with E-state index < -0.39 is 17.8 Å². The lowest BCUT2D eigenvalue weighted by Crippen LogP contribution is -2.36. The predicted molar refractivity (Wildman–Crippen MR) is 69.1 cm³/mol. The zero-order valence-electron chi connectivity index (χ0n) is 12.0. The van der Waals surface area contributed by atoms with E-state index in [1.165, 1.54) is 4.68 Å². The maximum atomic E-state index is 12.6. The number of rotatable bonds is 1. The minimum atomic E-state index is -4.39. The SMILES string of the molecule is CC(C)(C)C1CCC(O)C(n2cc(C(F)(F)F)cn2)C1. The maximum absolute atomic E-state index is 12.6. The summed E-state index contributed by atoms with van der Waals surface area (Å²) in [6.07, 6.45) is -1.03. The van der Waals surface area contributed by atoms with Gasteiger partial charge in [-0.05, 0) is 30.6 Å². The van der Waals surface area contributed by atoms with Gasteiger partial charge in [-0.25, -0.2) is 0 Å². The van der Waals surface area contributed by atoms with Gasteiger partial charge in [-0.15, -0.1) is 0 Å². The van der Waals surface area contributed by atoms with Crippen molar-refractivity contribution in [1.82, 2.24) is 9.78 Å². The third kappa shape index (κ3) is 3.16. The van der Waals surface area contributed by atoms with Crippen molar-refractivity contribution < 1.29 is 18.3 Å². The summed E-state index contributed by atoms with van der Waals surface area (Å²) in [4.78, 5) is 0. The molecule has 0 aromatic carbocycles. The Kier molecular flexibility index (Phi) is 3.88. The lowest BCUT2D eigenvalue weighted by molar-refractivity contribution is -0.137. The Labute approximate surface area is 116 Å². The molecular weight excluding hydrogens is 269 g/mol.